The van der Waals surface area contributed by atoms with Gasteiger partial charge in [-0.1, -0.05) is 0 Å². The van der Waals surface area contributed by atoms with Crippen LogP contribution in [0.15, 0.2) is 23.6 Å². The van der Waals surface area contributed by atoms with E-state index in [-0.39, 0.29) is 17.9 Å². The van der Waals surface area contributed by atoms with Crippen molar-refractivity contribution in [2.75, 3.05) is 6.61 Å². The van der Waals surface area contributed by atoms with Gasteiger partial charge in [-0.2, -0.15) is 0 Å². The highest BCUT2D eigenvalue weighted by atomic mass is 16.7. The molecule has 2 aliphatic rings. The van der Waals surface area contributed by atoms with Crippen LogP contribution in [-0.2, 0) is 14.3 Å². The van der Waals surface area contributed by atoms with Crippen molar-refractivity contribution in [3.63, 3.8) is 0 Å². The van der Waals surface area contributed by atoms with Gasteiger partial charge in [-0.15, -0.1) is 0 Å². The quantitative estimate of drug-likeness (QED) is 0.725. The van der Waals surface area contributed by atoms with Crippen molar-refractivity contribution in [3.8, 4) is 0 Å². The van der Waals surface area contributed by atoms with Crippen LogP contribution in [0.4, 0.5) is 4.79 Å². The summed E-state index contributed by atoms with van der Waals surface area (Å²) in [5.41, 5.74) is -0.0473. The molecule has 0 aromatic carbocycles. The Kier molecular flexibility index (Phi) is 2.78. The van der Waals surface area contributed by atoms with E-state index in [1.807, 2.05) is 0 Å². The van der Waals surface area contributed by atoms with Gasteiger partial charge in [0.15, 0.2) is 0 Å². The van der Waals surface area contributed by atoms with E-state index in [4.69, 9.17) is 19.7 Å². The Bertz CT molecular complexity index is 464. The first kappa shape index (κ1) is 12.4. The fourth-order valence-electron chi connectivity index (χ4n) is 1.87. The first-order valence-corrected chi connectivity index (χ1v) is 5.32. The number of carboxylic acid groups (broad SMARTS) is 2. The van der Waals surface area contributed by atoms with Gasteiger partial charge in [0.1, 0.15) is 17.4 Å². The molecule has 0 radical (unpaired) electrons. The van der Waals surface area contributed by atoms with Crippen LogP contribution in [-0.4, -0.2) is 45.6 Å². The molecule has 18 heavy (non-hydrogen) atoms. The lowest BCUT2D eigenvalue weighted by Crippen LogP contribution is -2.50. The molecule has 1 atom stereocenters. The van der Waals surface area contributed by atoms with E-state index < -0.39 is 23.9 Å². The third-order valence-electron chi connectivity index (χ3n) is 2.70. The molecular weight excluding hydrogens is 242 g/mol. The molecule has 98 valence electrons. The molecule has 2 rings (SSSR count). The van der Waals surface area contributed by atoms with Crippen LogP contribution >= 0.6 is 0 Å². The number of hydrogen-bond donors (Lipinski definition) is 2. The second-order valence-electron chi connectivity index (χ2n) is 4.42. The summed E-state index contributed by atoms with van der Waals surface area (Å²) < 4.78 is 10.8. The van der Waals surface area contributed by atoms with Crippen molar-refractivity contribution >= 4 is 12.1 Å². The van der Waals surface area contributed by atoms with Crippen molar-refractivity contribution < 1.29 is 29.3 Å². The Morgan fingerprint density at radius 1 is 1.44 bits per heavy atom. The molecule has 2 aliphatic heterocycles. The zero-order valence-corrected chi connectivity index (χ0v) is 9.91. The Morgan fingerprint density at radius 2 is 2.11 bits per heavy atom. The molecule has 1 unspecified atom stereocenters. The number of carbonyl (C=O) groups is 2. The van der Waals surface area contributed by atoms with Gasteiger partial charge in [0.2, 0.25) is 5.79 Å². The maximum absolute atomic E-state index is 11.1. The normalized spacial score (nSPS) is 25.4. The summed E-state index contributed by atoms with van der Waals surface area (Å²) in [6.45, 7) is 3.33. The van der Waals surface area contributed by atoms with Gasteiger partial charge < -0.3 is 19.7 Å². The number of aliphatic carboxylic acids is 1. The van der Waals surface area contributed by atoms with Crippen molar-refractivity contribution in [3.05, 3.63) is 23.6 Å². The number of ether oxygens (including phenoxy) is 2. The minimum absolute atomic E-state index is 0.0473. The average molecular weight is 255 g/mol. The highest BCUT2D eigenvalue weighted by Gasteiger charge is 2.41. The SMILES string of the molecule is CC1(C)OCC2C(=C(C(=O)O)C=CN2C(=O)O)O1. The first-order valence-electron chi connectivity index (χ1n) is 5.32. The molecule has 0 bridgehead atoms. The van der Waals surface area contributed by atoms with E-state index in [2.05, 4.69) is 0 Å². The number of hydrogen-bond acceptors (Lipinski definition) is 4. The molecule has 0 aromatic heterocycles. The number of nitrogens with zero attached hydrogens (tertiary/aromatic N) is 1. The monoisotopic (exact) mass is 255 g/mol. The number of carboxylic acids is 1. The summed E-state index contributed by atoms with van der Waals surface area (Å²) in [6, 6.07) is -0.758. The maximum atomic E-state index is 11.1. The average Bonchev–Trinajstić information content (AvgIpc) is 2.25. The molecule has 0 aliphatic carbocycles. The summed E-state index contributed by atoms with van der Waals surface area (Å²) in [6.07, 6.45) is 1.22. The molecule has 2 heterocycles. The summed E-state index contributed by atoms with van der Waals surface area (Å²) in [4.78, 5) is 23.1. The summed E-state index contributed by atoms with van der Waals surface area (Å²) in [5, 5.41) is 18.1. The van der Waals surface area contributed by atoms with E-state index in [9.17, 15) is 9.59 Å². The van der Waals surface area contributed by atoms with E-state index >= 15 is 0 Å². The molecule has 0 spiro atoms. The standard InChI is InChI=1S/C11H13NO6/c1-11(2)17-5-7-8(18-11)6(9(13)14)3-4-12(7)10(15)16/h3-4,7H,5H2,1-2H3,(H,13,14)(H,15,16). The van der Waals surface area contributed by atoms with Gasteiger partial charge >= 0.3 is 12.1 Å². The van der Waals surface area contributed by atoms with E-state index in [0.717, 1.165) is 4.90 Å². The molecule has 0 saturated carbocycles. The van der Waals surface area contributed by atoms with Gasteiger partial charge in [-0.3, -0.25) is 4.90 Å². The summed E-state index contributed by atoms with van der Waals surface area (Å²) >= 11 is 0. The fraction of sp³-hybridized carbons (Fsp3) is 0.455. The third kappa shape index (κ3) is 2.04. The summed E-state index contributed by atoms with van der Waals surface area (Å²) in [7, 11) is 0. The van der Waals surface area contributed by atoms with Crippen LogP contribution in [0.2, 0.25) is 0 Å². The zero-order valence-electron chi connectivity index (χ0n) is 9.91. The minimum Gasteiger partial charge on any atom is -0.478 e. The predicted octanol–water partition coefficient (Wildman–Crippen LogP) is 0.984. The van der Waals surface area contributed by atoms with Crippen LogP contribution in [0, 0.1) is 0 Å². The number of amides is 1. The molecule has 7 heteroatoms. The van der Waals surface area contributed by atoms with Crippen LogP contribution < -0.4 is 0 Å². The van der Waals surface area contributed by atoms with Crippen molar-refractivity contribution in [1.29, 1.82) is 0 Å². The first-order chi connectivity index (χ1) is 8.32. The fourth-order valence-corrected chi connectivity index (χ4v) is 1.87. The Hall–Kier alpha value is -2.02. The zero-order chi connectivity index (χ0) is 13.5. The predicted molar refractivity (Wildman–Crippen MR) is 58.6 cm³/mol. The van der Waals surface area contributed by atoms with E-state index in [1.165, 1.54) is 12.3 Å². The molecule has 2 N–H and O–H groups in total. The largest absolute Gasteiger partial charge is 0.478 e. The van der Waals surface area contributed by atoms with E-state index in [1.54, 1.807) is 13.8 Å². The van der Waals surface area contributed by atoms with Gasteiger partial charge in [-0.05, 0) is 6.08 Å². The van der Waals surface area contributed by atoms with Crippen molar-refractivity contribution in [1.82, 2.24) is 4.90 Å². The highest BCUT2D eigenvalue weighted by molar-refractivity contribution is 5.91. The number of rotatable bonds is 1. The van der Waals surface area contributed by atoms with Gasteiger partial charge in [0.25, 0.3) is 0 Å². The topological polar surface area (TPSA) is 96.3 Å². The molecular formula is C11H13NO6. The second-order valence-corrected chi connectivity index (χ2v) is 4.42. The van der Waals surface area contributed by atoms with Crippen LogP contribution in [0.25, 0.3) is 0 Å². The van der Waals surface area contributed by atoms with Crippen molar-refractivity contribution in [2.45, 2.75) is 25.7 Å². The lowest BCUT2D eigenvalue weighted by molar-refractivity contribution is -0.231. The van der Waals surface area contributed by atoms with Gasteiger partial charge in [0, 0.05) is 20.0 Å². The minimum atomic E-state index is -1.19. The third-order valence-corrected chi connectivity index (χ3v) is 2.70. The lowest BCUT2D eigenvalue weighted by Gasteiger charge is -2.42. The molecule has 1 fully saturated rings. The molecule has 7 nitrogen and oxygen atoms in total. The molecule has 1 saturated heterocycles. The maximum Gasteiger partial charge on any atom is 0.412 e. The van der Waals surface area contributed by atoms with Crippen molar-refractivity contribution in [2.24, 2.45) is 0 Å². The summed E-state index contributed by atoms with van der Waals surface area (Å²) in [5.74, 6) is -2.01. The smallest absolute Gasteiger partial charge is 0.412 e. The van der Waals surface area contributed by atoms with Crippen LogP contribution in [0.1, 0.15) is 13.8 Å². The second kappa shape index (κ2) is 4.02. The Morgan fingerprint density at radius 3 is 2.67 bits per heavy atom. The Labute approximate surface area is 103 Å². The van der Waals surface area contributed by atoms with Gasteiger partial charge in [0.05, 0.1) is 6.61 Å². The van der Waals surface area contributed by atoms with Gasteiger partial charge in [-0.25, -0.2) is 9.59 Å². The number of fused-ring (bicyclic) bond motifs is 1. The van der Waals surface area contributed by atoms with Crippen LogP contribution in [0.5, 0.6) is 0 Å². The highest BCUT2D eigenvalue weighted by Crippen LogP contribution is 2.33. The molecule has 1 amide bonds. The molecule has 0 aromatic rings. The van der Waals surface area contributed by atoms with Crippen LogP contribution in [0.3, 0.4) is 0 Å². The lowest BCUT2D eigenvalue weighted by atomic mass is 10.0. The Balaban J connectivity index is 2.43. The van der Waals surface area contributed by atoms with E-state index in [0.29, 0.717) is 0 Å².